The van der Waals surface area contributed by atoms with Crippen LogP contribution in [0.25, 0.3) is 0 Å². The molecule has 0 amide bonds. The number of halogens is 1. The highest BCUT2D eigenvalue weighted by Crippen LogP contribution is 2.38. The minimum atomic E-state index is -1.90. The van der Waals surface area contributed by atoms with Gasteiger partial charge in [-0.05, 0) is 54.6 Å². The van der Waals surface area contributed by atoms with Crippen molar-refractivity contribution in [2.45, 2.75) is 77.5 Å². The summed E-state index contributed by atoms with van der Waals surface area (Å²) in [6.07, 6.45) is 1.91. The Morgan fingerprint density at radius 1 is 1.06 bits per heavy atom. The molecule has 31 heavy (non-hydrogen) atoms. The average Bonchev–Trinajstić information content (AvgIpc) is 2.72. The van der Waals surface area contributed by atoms with E-state index in [4.69, 9.17) is 23.4 Å². The third kappa shape index (κ3) is 10.5. The van der Waals surface area contributed by atoms with Crippen LogP contribution in [-0.4, -0.2) is 52.6 Å². The Hall–Kier alpha value is -0.193. The summed E-state index contributed by atoms with van der Waals surface area (Å²) in [5, 5.41) is 0.160. The molecule has 0 N–H and O–H groups in total. The predicted molar refractivity (Wildman–Crippen MR) is 139 cm³/mol. The van der Waals surface area contributed by atoms with Crippen LogP contribution >= 0.6 is 22.6 Å². The molecule has 0 fully saturated rings. The smallest absolute Gasteiger partial charge is 0.192 e. The van der Waals surface area contributed by atoms with Crippen LogP contribution in [0.5, 0.6) is 5.75 Å². The van der Waals surface area contributed by atoms with E-state index in [1.54, 1.807) is 14.2 Å². The van der Waals surface area contributed by atoms with E-state index in [0.717, 1.165) is 28.6 Å². The summed E-state index contributed by atoms with van der Waals surface area (Å²) in [6.45, 7) is 15.2. The lowest BCUT2D eigenvalue weighted by molar-refractivity contribution is -0.0988. The normalized spacial score (nSPS) is 15.5. The van der Waals surface area contributed by atoms with E-state index in [2.05, 4.69) is 63.4 Å². The summed E-state index contributed by atoms with van der Waals surface area (Å²) in [6, 6.07) is 8.01. The van der Waals surface area contributed by atoms with Crippen molar-refractivity contribution >= 4 is 30.9 Å². The second kappa shape index (κ2) is 14.2. The maximum absolute atomic E-state index is 6.81. The van der Waals surface area contributed by atoms with E-state index in [1.165, 1.54) is 0 Å². The van der Waals surface area contributed by atoms with Gasteiger partial charge in [0.2, 0.25) is 0 Å². The van der Waals surface area contributed by atoms with Crippen LogP contribution in [0.2, 0.25) is 18.1 Å². The minimum Gasteiger partial charge on any atom is -0.497 e. The fourth-order valence-electron chi connectivity index (χ4n) is 2.92. The number of benzene rings is 1. The quantitative estimate of drug-likeness (QED) is 0.0804. The molecule has 1 rings (SSSR count). The molecule has 180 valence electrons. The molecule has 0 bridgehead atoms. The fourth-order valence-corrected chi connectivity index (χ4v) is 4.89. The van der Waals surface area contributed by atoms with Crippen LogP contribution in [-0.2, 0) is 25.2 Å². The van der Waals surface area contributed by atoms with Gasteiger partial charge in [0.05, 0.1) is 19.8 Å². The van der Waals surface area contributed by atoms with Gasteiger partial charge in [-0.25, -0.2) is 0 Å². The molecule has 0 spiro atoms. The van der Waals surface area contributed by atoms with Crippen molar-refractivity contribution in [3.63, 3.8) is 0 Å². The van der Waals surface area contributed by atoms with E-state index < -0.39 is 8.32 Å². The Labute approximate surface area is 204 Å². The van der Waals surface area contributed by atoms with Gasteiger partial charge in [-0.1, -0.05) is 62.4 Å². The molecule has 0 unspecified atom stereocenters. The highest BCUT2D eigenvalue weighted by atomic mass is 127. The van der Waals surface area contributed by atoms with Crippen molar-refractivity contribution in [3.05, 3.63) is 29.8 Å². The van der Waals surface area contributed by atoms with E-state index in [0.29, 0.717) is 25.9 Å². The van der Waals surface area contributed by atoms with E-state index >= 15 is 0 Å². The zero-order valence-corrected chi connectivity index (χ0v) is 23.9. The highest BCUT2D eigenvalue weighted by molar-refractivity contribution is 14.1. The lowest BCUT2D eigenvalue weighted by atomic mass is 9.99. The number of rotatable bonds is 15. The maximum atomic E-state index is 6.81. The standard InChI is InChI=1S/C24H43IO5Si/c1-19(16-25)23(29-18-26-5)15-22(30-31(7,8)24(2,3)4)13-14-28-17-20-9-11-21(27-6)12-10-20/h9-12,19,22-23H,13-18H2,1-8H3/t19-,22-,23-/m1/s1. The largest absolute Gasteiger partial charge is 0.497 e. The molecule has 0 heterocycles. The SMILES string of the molecule is COCO[C@H](C[C@@H](CCOCc1ccc(OC)cc1)O[Si](C)(C)C(C)(C)C)[C@H](C)CI. The Bertz CT molecular complexity index is 603. The number of hydrogen-bond acceptors (Lipinski definition) is 5. The van der Waals surface area contributed by atoms with Crippen LogP contribution in [0.1, 0.15) is 46.1 Å². The first-order chi connectivity index (χ1) is 14.5. The number of ether oxygens (including phenoxy) is 4. The molecule has 3 atom stereocenters. The lowest BCUT2D eigenvalue weighted by Gasteiger charge is -2.40. The molecule has 0 aliphatic rings. The van der Waals surface area contributed by atoms with E-state index in [9.17, 15) is 0 Å². The van der Waals surface area contributed by atoms with Crippen molar-refractivity contribution in [2.24, 2.45) is 5.92 Å². The third-order valence-electron chi connectivity index (χ3n) is 6.05. The van der Waals surface area contributed by atoms with Crippen molar-refractivity contribution in [1.82, 2.24) is 0 Å². The Morgan fingerprint density at radius 2 is 1.71 bits per heavy atom. The summed E-state index contributed by atoms with van der Waals surface area (Å²) in [7, 11) is 1.44. The van der Waals surface area contributed by atoms with Gasteiger partial charge >= 0.3 is 0 Å². The Morgan fingerprint density at radius 3 is 2.23 bits per heavy atom. The van der Waals surface area contributed by atoms with Gasteiger partial charge in [-0.3, -0.25) is 0 Å². The number of hydrogen-bond donors (Lipinski definition) is 0. The molecular formula is C24H43IO5Si. The molecule has 1 aromatic rings. The lowest BCUT2D eigenvalue weighted by Crippen LogP contribution is -2.45. The molecular weight excluding hydrogens is 523 g/mol. The molecule has 0 saturated heterocycles. The van der Waals surface area contributed by atoms with Crippen molar-refractivity contribution in [2.75, 3.05) is 32.0 Å². The number of methoxy groups -OCH3 is 2. The van der Waals surface area contributed by atoms with Crippen molar-refractivity contribution in [1.29, 1.82) is 0 Å². The molecule has 0 aliphatic carbocycles. The Kier molecular flexibility index (Phi) is 13.2. The second-order valence-electron chi connectivity index (χ2n) is 9.67. The monoisotopic (exact) mass is 566 g/mol. The van der Waals surface area contributed by atoms with Gasteiger partial charge < -0.3 is 23.4 Å². The second-order valence-corrected chi connectivity index (χ2v) is 15.3. The fraction of sp³-hybridized carbons (Fsp3) is 0.750. The van der Waals surface area contributed by atoms with Gasteiger partial charge in [-0.15, -0.1) is 0 Å². The van der Waals surface area contributed by atoms with Crippen LogP contribution in [0.4, 0.5) is 0 Å². The minimum absolute atomic E-state index is 0.101. The first-order valence-electron chi connectivity index (χ1n) is 11.1. The van der Waals surface area contributed by atoms with Gasteiger partial charge in [-0.2, -0.15) is 0 Å². The van der Waals surface area contributed by atoms with Gasteiger partial charge in [0.1, 0.15) is 12.5 Å². The molecule has 0 aromatic heterocycles. The van der Waals surface area contributed by atoms with Crippen molar-refractivity contribution in [3.8, 4) is 5.75 Å². The highest BCUT2D eigenvalue weighted by Gasteiger charge is 2.39. The summed E-state index contributed by atoms with van der Waals surface area (Å²) >= 11 is 2.43. The average molecular weight is 567 g/mol. The van der Waals surface area contributed by atoms with Crippen LogP contribution in [0.15, 0.2) is 24.3 Å². The topological polar surface area (TPSA) is 46.2 Å². The van der Waals surface area contributed by atoms with Gasteiger partial charge in [0, 0.05) is 24.2 Å². The molecule has 7 heteroatoms. The summed E-state index contributed by atoms with van der Waals surface area (Å²) in [5.74, 6) is 1.29. The summed E-state index contributed by atoms with van der Waals surface area (Å²) in [4.78, 5) is 0. The van der Waals surface area contributed by atoms with E-state index in [1.807, 2.05) is 24.3 Å². The van der Waals surface area contributed by atoms with Crippen LogP contribution < -0.4 is 4.74 Å². The van der Waals surface area contributed by atoms with Gasteiger partial charge in [0.25, 0.3) is 0 Å². The first kappa shape index (κ1) is 28.8. The molecule has 0 saturated carbocycles. The maximum Gasteiger partial charge on any atom is 0.192 e. The zero-order valence-electron chi connectivity index (χ0n) is 20.7. The van der Waals surface area contributed by atoms with Crippen LogP contribution in [0, 0.1) is 5.92 Å². The summed E-state index contributed by atoms with van der Waals surface area (Å²) < 4.78 is 30.3. The Balaban J connectivity index is 2.75. The molecule has 5 nitrogen and oxygen atoms in total. The van der Waals surface area contributed by atoms with Gasteiger partial charge in [0.15, 0.2) is 8.32 Å². The molecule has 0 radical (unpaired) electrons. The first-order valence-corrected chi connectivity index (χ1v) is 15.5. The summed E-state index contributed by atoms with van der Waals surface area (Å²) in [5.41, 5.74) is 1.14. The van der Waals surface area contributed by atoms with Crippen LogP contribution in [0.3, 0.4) is 0 Å². The molecule has 0 aliphatic heterocycles. The van der Waals surface area contributed by atoms with Crippen molar-refractivity contribution < 1.29 is 23.4 Å². The third-order valence-corrected chi connectivity index (χ3v) is 12.0. The number of alkyl halides is 1. The van der Waals surface area contributed by atoms with E-state index in [-0.39, 0.29) is 17.2 Å². The predicted octanol–water partition coefficient (Wildman–Crippen LogP) is 6.44. The zero-order chi connectivity index (χ0) is 23.5. The molecule has 1 aromatic carbocycles.